The number of H-pyrrole nitrogens is 1. The number of hydrogen-bond acceptors (Lipinski definition) is 3. The van der Waals surface area contributed by atoms with Crippen LogP contribution in [0.25, 0.3) is 11.0 Å². The van der Waals surface area contributed by atoms with Crippen LogP contribution in [0.1, 0.15) is 20.7 Å². The van der Waals surface area contributed by atoms with Gasteiger partial charge in [0.25, 0.3) is 0 Å². The number of aldehydes is 1. The van der Waals surface area contributed by atoms with Crippen molar-refractivity contribution >= 4 is 23.3 Å². The summed E-state index contributed by atoms with van der Waals surface area (Å²) in [6.07, 6.45) is 3.39. The van der Waals surface area contributed by atoms with Crippen molar-refractivity contribution in [3.05, 3.63) is 29.6 Å². The quantitative estimate of drug-likeness (QED) is 0.694. The average molecular weight is 190 g/mol. The van der Waals surface area contributed by atoms with Gasteiger partial charge in [0.05, 0.1) is 5.56 Å². The maximum atomic E-state index is 10.8. The van der Waals surface area contributed by atoms with Gasteiger partial charge in [-0.15, -0.1) is 0 Å². The summed E-state index contributed by atoms with van der Waals surface area (Å²) in [5.74, 6) is -1.08. The Hall–Kier alpha value is -2.17. The van der Waals surface area contributed by atoms with Crippen LogP contribution in [0, 0.1) is 0 Å². The first-order chi connectivity index (χ1) is 6.74. The molecule has 2 aromatic heterocycles. The second-order valence-electron chi connectivity index (χ2n) is 2.75. The van der Waals surface area contributed by atoms with Gasteiger partial charge in [0, 0.05) is 23.3 Å². The summed E-state index contributed by atoms with van der Waals surface area (Å²) >= 11 is 0. The number of nitrogens with zero attached hydrogens (tertiary/aromatic N) is 1. The zero-order valence-corrected chi connectivity index (χ0v) is 7.02. The summed E-state index contributed by atoms with van der Waals surface area (Å²) in [6.45, 7) is 0. The number of carboxylic acids is 1. The normalized spacial score (nSPS) is 10.3. The predicted molar refractivity (Wildman–Crippen MR) is 48.4 cm³/mol. The second kappa shape index (κ2) is 2.95. The molecule has 0 fully saturated rings. The van der Waals surface area contributed by atoms with Gasteiger partial charge in [0.15, 0.2) is 6.29 Å². The molecule has 0 amide bonds. The number of fused-ring (bicyclic) bond motifs is 1. The van der Waals surface area contributed by atoms with Crippen LogP contribution in [0.2, 0.25) is 0 Å². The first-order valence-electron chi connectivity index (χ1n) is 3.88. The van der Waals surface area contributed by atoms with E-state index in [0.717, 1.165) is 0 Å². The molecule has 14 heavy (non-hydrogen) atoms. The Labute approximate surface area is 78.4 Å². The minimum atomic E-state index is -1.08. The van der Waals surface area contributed by atoms with Crippen LogP contribution >= 0.6 is 0 Å². The van der Waals surface area contributed by atoms with Gasteiger partial charge < -0.3 is 10.1 Å². The summed E-state index contributed by atoms with van der Waals surface area (Å²) in [6, 6.07) is 1.48. The second-order valence-corrected chi connectivity index (χ2v) is 2.75. The molecule has 2 heterocycles. The molecule has 0 saturated carbocycles. The summed E-state index contributed by atoms with van der Waals surface area (Å²) in [4.78, 5) is 28.0. The molecule has 0 aromatic carbocycles. The third-order valence-corrected chi connectivity index (χ3v) is 1.96. The Balaban J connectivity index is 2.87. The molecule has 0 unspecified atom stereocenters. The third-order valence-electron chi connectivity index (χ3n) is 1.96. The standard InChI is InChI=1S/C9H6N2O3/c12-4-5-1-2-10-8-7(5)6(3-11-8)9(13)14/h1-4H,(H,10,11)(H,13,14). The molecule has 0 aliphatic heterocycles. The van der Waals surface area contributed by atoms with Gasteiger partial charge in [-0.2, -0.15) is 0 Å². The number of aromatic amines is 1. The zero-order chi connectivity index (χ0) is 10.1. The number of hydrogen-bond donors (Lipinski definition) is 2. The first kappa shape index (κ1) is 8.43. The van der Waals surface area contributed by atoms with E-state index in [1.807, 2.05) is 0 Å². The van der Waals surface area contributed by atoms with Crippen LogP contribution in [0.3, 0.4) is 0 Å². The molecule has 2 rings (SSSR count). The van der Waals surface area contributed by atoms with Crippen LogP contribution in [-0.4, -0.2) is 27.3 Å². The highest BCUT2D eigenvalue weighted by atomic mass is 16.4. The molecule has 5 nitrogen and oxygen atoms in total. The predicted octanol–water partition coefficient (Wildman–Crippen LogP) is 1.07. The van der Waals surface area contributed by atoms with Crippen molar-refractivity contribution in [2.24, 2.45) is 0 Å². The highest BCUT2D eigenvalue weighted by Gasteiger charge is 2.13. The van der Waals surface area contributed by atoms with Crippen LogP contribution in [0.4, 0.5) is 0 Å². The summed E-state index contributed by atoms with van der Waals surface area (Å²) in [5.41, 5.74) is 0.802. The maximum absolute atomic E-state index is 10.8. The van der Waals surface area contributed by atoms with E-state index >= 15 is 0 Å². The minimum absolute atomic E-state index is 0.0650. The Kier molecular flexibility index (Phi) is 1.78. The smallest absolute Gasteiger partial charge is 0.337 e. The minimum Gasteiger partial charge on any atom is -0.478 e. The number of rotatable bonds is 2. The van der Waals surface area contributed by atoms with Gasteiger partial charge in [-0.05, 0) is 6.07 Å². The average Bonchev–Trinajstić information content (AvgIpc) is 2.60. The van der Waals surface area contributed by atoms with Crippen molar-refractivity contribution in [3.8, 4) is 0 Å². The number of nitrogens with one attached hydrogen (secondary N) is 1. The lowest BCUT2D eigenvalue weighted by Gasteiger charge is -1.94. The number of carboxylic acid groups (broad SMARTS) is 1. The van der Waals surface area contributed by atoms with Gasteiger partial charge in [-0.1, -0.05) is 0 Å². The number of aromatic carboxylic acids is 1. The molecule has 0 aliphatic carbocycles. The molecule has 0 spiro atoms. The van der Waals surface area contributed by atoms with Gasteiger partial charge >= 0.3 is 5.97 Å². The lowest BCUT2D eigenvalue weighted by Crippen LogP contribution is -1.96. The van der Waals surface area contributed by atoms with Crippen LogP contribution in [0.15, 0.2) is 18.5 Å². The molecule has 2 N–H and O–H groups in total. The largest absolute Gasteiger partial charge is 0.478 e. The molecule has 5 heteroatoms. The van der Waals surface area contributed by atoms with E-state index in [9.17, 15) is 9.59 Å². The third kappa shape index (κ3) is 1.06. The number of carbonyl (C=O) groups excluding carboxylic acids is 1. The Bertz CT molecular complexity index is 516. The van der Waals surface area contributed by atoms with Gasteiger partial charge in [0.1, 0.15) is 5.65 Å². The number of pyridine rings is 1. The lowest BCUT2D eigenvalue weighted by atomic mass is 10.1. The van der Waals surface area contributed by atoms with Crippen molar-refractivity contribution in [2.75, 3.05) is 0 Å². The van der Waals surface area contributed by atoms with E-state index in [-0.39, 0.29) is 5.56 Å². The number of carbonyl (C=O) groups is 2. The summed E-state index contributed by atoms with van der Waals surface area (Å²) in [7, 11) is 0. The fourth-order valence-corrected chi connectivity index (χ4v) is 1.35. The summed E-state index contributed by atoms with van der Waals surface area (Å²) in [5, 5.41) is 9.18. The summed E-state index contributed by atoms with van der Waals surface area (Å²) < 4.78 is 0. The van der Waals surface area contributed by atoms with E-state index < -0.39 is 5.97 Å². The maximum Gasteiger partial charge on any atom is 0.337 e. The highest BCUT2D eigenvalue weighted by molar-refractivity contribution is 6.08. The lowest BCUT2D eigenvalue weighted by molar-refractivity contribution is 0.0699. The van der Waals surface area contributed by atoms with E-state index in [1.165, 1.54) is 18.5 Å². The van der Waals surface area contributed by atoms with Crippen molar-refractivity contribution in [2.45, 2.75) is 0 Å². The SMILES string of the molecule is O=Cc1ccnc2[nH]cc(C(=O)O)c12. The first-order valence-corrected chi connectivity index (χ1v) is 3.88. The van der Waals surface area contributed by atoms with E-state index in [2.05, 4.69) is 9.97 Å². The van der Waals surface area contributed by atoms with Gasteiger partial charge in [0.2, 0.25) is 0 Å². The van der Waals surface area contributed by atoms with Gasteiger partial charge in [-0.3, -0.25) is 4.79 Å². The van der Waals surface area contributed by atoms with E-state index in [1.54, 1.807) is 0 Å². The number of aromatic nitrogens is 2. The van der Waals surface area contributed by atoms with Crippen LogP contribution < -0.4 is 0 Å². The fourth-order valence-electron chi connectivity index (χ4n) is 1.35. The van der Waals surface area contributed by atoms with Crippen LogP contribution in [-0.2, 0) is 0 Å². The van der Waals surface area contributed by atoms with Crippen molar-refractivity contribution < 1.29 is 14.7 Å². The molecule has 70 valence electrons. The molecule has 0 radical (unpaired) electrons. The molecule has 0 saturated heterocycles. The van der Waals surface area contributed by atoms with Crippen molar-refractivity contribution in [3.63, 3.8) is 0 Å². The fraction of sp³-hybridized carbons (Fsp3) is 0. The molecule has 0 bridgehead atoms. The zero-order valence-electron chi connectivity index (χ0n) is 7.02. The van der Waals surface area contributed by atoms with Crippen molar-refractivity contribution in [1.29, 1.82) is 0 Å². The molecule has 2 aromatic rings. The van der Waals surface area contributed by atoms with Crippen molar-refractivity contribution in [1.82, 2.24) is 9.97 Å². The molecular formula is C9H6N2O3. The molecule has 0 atom stereocenters. The van der Waals surface area contributed by atoms with Gasteiger partial charge in [-0.25, -0.2) is 9.78 Å². The Morgan fingerprint density at radius 1 is 1.57 bits per heavy atom. The Morgan fingerprint density at radius 3 is 3.00 bits per heavy atom. The Morgan fingerprint density at radius 2 is 2.36 bits per heavy atom. The molecular weight excluding hydrogens is 184 g/mol. The van der Waals surface area contributed by atoms with E-state index in [0.29, 0.717) is 22.9 Å². The molecule has 0 aliphatic rings. The topological polar surface area (TPSA) is 83.0 Å². The van der Waals surface area contributed by atoms with E-state index in [4.69, 9.17) is 5.11 Å². The monoisotopic (exact) mass is 190 g/mol. The highest BCUT2D eigenvalue weighted by Crippen LogP contribution is 2.19. The van der Waals surface area contributed by atoms with Crippen LogP contribution in [0.5, 0.6) is 0 Å².